The van der Waals surface area contributed by atoms with Crippen molar-refractivity contribution in [2.75, 3.05) is 19.8 Å². The van der Waals surface area contributed by atoms with Crippen LogP contribution in [0, 0.1) is 11.8 Å². The minimum absolute atomic E-state index is 0.0355. The maximum absolute atomic E-state index is 10.2. The van der Waals surface area contributed by atoms with E-state index in [9.17, 15) is 30.3 Å². The monoisotopic (exact) mass is 504 g/mol. The van der Waals surface area contributed by atoms with Gasteiger partial charge < -0.3 is 45.6 Å². The van der Waals surface area contributed by atoms with Gasteiger partial charge in [-0.1, -0.05) is 32.0 Å². The molecule has 35 heavy (non-hydrogen) atoms. The van der Waals surface area contributed by atoms with Crippen LogP contribution in [0.4, 0.5) is 0 Å². The number of carbonyl (C=O) groups is 1. The highest BCUT2D eigenvalue weighted by molar-refractivity contribution is 5.87. The Morgan fingerprint density at radius 1 is 0.800 bits per heavy atom. The normalized spacial score (nSPS) is 17.3. The number of carboxylic acid groups (broad SMARTS) is 1. The molecule has 10 heteroatoms. The second-order valence-corrected chi connectivity index (χ2v) is 8.82. The zero-order chi connectivity index (χ0) is 26.8. The van der Waals surface area contributed by atoms with Crippen LogP contribution in [-0.2, 0) is 4.74 Å². The Morgan fingerprint density at radius 3 is 1.71 bits per heavy atom. The molecule has 0 saturated carbocycles. The highest BCUT2D eigenvalue weighted by Crippen LogP contribution is 2.19. The Hall–Kier alpha value is -1.63. The molecule has 8 N–H and O–H groups in total. The maximum Gasteiger partial charge on any atom is 0.335 e. The average molecular weight is 505 g/mol. The molecule has 0 aliphatic heterocycles. The zero-order valence-corrected chi connectivity index (χ0v) is 20.7. The van der Waals surface area contributed by atoms with Gasteiger partial charge in [0.2, 0.25) is 0 Å². The van der Waals surface area contributed by atoms with Crippen molar-refractivity contribution < 1.29 is 50.4 Å². The molecule has 10 nitrogen and oxygen atoms in total. The van der Waals surface area contributed by atoms with Crippen LogP contribution in [0.2, 0.25) is 0 Å². The summed E-state index contributed by atoms with van der Waals surface area (Å²) in [5, 5.41) is 75.4. The molecular formula is C25H44O10. The third kappa shape index (κ3) is 15.2. The Labute approximate surface area is 207 Å². The third-order valence-electron chi connectivity index (χ3n) is 5.75. The van der Waals surface area contributed by atoms with Crippen molar-refractivity contribution >= 4 is 5.97 Å². The maximum atomic E-state index is 10.2. The average Bonchev–Trinajstić information content (AvgIpc) is 2.85. The molecule has 0 bridgehead atoms. The van der Waals surface area contributed by atoms with E-state index in [1.807, 2.05) is 0 Å². The van der Waals surface area contributed by atoms with E-state index in [0.717, 1.165) is 0 Å². The minimum Gasteiger partial charge on any atom is -0.478 e. The van der Waals surface area contributed by atoms with Crippen molar-refractivity contribution in [1.29, 1.82) is 0 Å². The number of aliphatic hydroxyl groups excluding tert-OH is 7. The van der Waals surface area contributed by atoms with E-state index in [2.05, 4.69) is 0 Å². The molecule has 0 fully saturated rings. The van der Waals surface area contributed by atoms with Gasteiger partial charge >= 0.3 is 5.97 Å². The van der Waals surface area contributed by atoms with E-state index in [0.29, 0.717) is 31.2 Å². The third-order valence-corrected chi connectivity index (χ3v) is 5.75. The molecule has 1 aromatic carbocycles. The second kappa shape index (κ2) is 19.5. The number of aliphatic hydroxyl groups is 7. The van der Waals surface area contributed by atoms with Crippen LogP contribution in [0.3, 0.4) is 0 Å². The van der Waals surface area contributed by atoms with Crippen molar-refractivity contribution in [3.05, 3.63) is 35.9 Å². The van der Waals surface area contributed by atoms with Gasteiger partial charge in [0.15, 0.2) is 6.29 Å². The summed E-state index contributed by atoms with van der Waals surface area (Å²) < 4.78 is 5.30. The number of rotatable bonds is 17. The lowest BCUT2D eigenvalue weighted by molar-refractivity contribution is -0.130. The highest BCUT2D eigenvalue weighted by Gasteiger charge is 2.26. The van der Waals surface area contributed by atoms with Gasteiger partial charge in [-0.05, 0) is 56.1 Å². The molecule has 7 atom stereocenters. The summed E-state index contributed by atoms with van der Waals surface area (Å²) in [6, 6.07) is 8.30. The smallest absolute Gasteiger partial charge is 0.335 e. The summed E-state index contributed by atoms with van der Waals surface area (Å²) in [6.45, 7) is 3.56. The van der Waals surface area contributed by atoms with Crippen LogP contribution in [0.25, 0.3) is 0 Å². The van der Waals surface area contributed by atoms with E-state index < -0.39 is 36.7 Å². The molecule has 0 aliphatic carbocycles. The fraction of sp³-hybridized carbons (Fsp3) is 0.720. The van der Waals surface area contributed by atoms with E-state index in [1.165, 1.54) is 0 Å². The van der Waals surface area contributed by atoms with Crippen LogP contribution in [-0.4, -0.2) is 97.3 Å². The first-order chi connectivity index (χ1) is 16.5. The number of ether oxygens (including phenoxy) is 1. The molecule has 0 radical (unpaired) electrons. The van der Waals surface area contributed by atoms with E-state index in [-0.39, 0.29) is 44.5 Å². The summed E-state index contributed by atoms with van der Waals surface area (Å²) in [7, 11) is 0. The summed E-state index contributed by atoms with van der Waals surface area (Å²) in [5.41, 5.74) is 0.331. The Bertz CT molecular complexity index is 644. The fourth-order valence-corrected chi connectivity index (χ4v) is 3.37. The molecule has 1 aromatic rings. The first kappa shape index (κ1) is 33.4. The Morgan fingerprint density at radius 2 is 1.29 bits per heavy atom. The first-order valence-electron chi connectivity index (χ1n) is 12.1. The highest BCUT2D eigenvalue weighted by atomic mass is 16.6. The van der Waals surface area contributed by atoms with Crippen LogP contribution in [0.1, 0.15) is 62.7 Å². The standard InChI is InChI=1S/C18H38O8.C7H6O2/c1-12(17(24)14(21)5-3-8-19)7-10-26-16(23)11-13(2)18(25)15(22)6-4-9-20;8-7(9)6-4-2-1-3-5-6/h12-25H,3-11H2,1-2H3;1-5H,(H,8,9). The van der Waals surface area contributed by atoms with Crippen LogP contribution >= 0.6 is 0 Å². The number of hydrogen-bond acceptors (Lipinski definition) is 9. The first-order valence-corrected chi connectivity index (χ1v) is 12.1. The topological polar surface area (TPSA) is 188 Å². The molecule has 0 saturated heterocycles. The Kier molecular flexibility index (Phi) is 18.6. The fourth-order valence-electron chi connectivity index (χ4n) is 3.37. The number of hydrogen-bond donors (Lipinski definition) is 8. The molecule has 204 valence electrons. The van der Waals surface area contributed by atoms with Gasteiger partial charge in [-0.15, -0.1) is 0 Å². The van der Waals surface area contributed by atoms with Gasteiger partial charge in [-0.2, -0.15) is 0 Å². The molecule has 1 rings (SSSR count). The van der Waals surface area contributed by atoms with Gasteiger partial charge in [0.25, 0.3) is 0 Å². The SMILES string of the molecule is CC(CCOC(O)CC(C)C(O)C(O)CCCO)C(O)C(O)CCCO.O=C(O)c1ccccc1. The Balaban J connectivity index is 0.00000106. The van der Waals surface area contributed by atoms with Crippen LogP contribution in [0.15, 0.2) is 30.3 Å². The quantitative estimate of drug-likeness (QED) is 0.141. The van der Waals surface area contributed by atoms with Crippen molar-refractivity contribution in [1.82, 2.24) is 0 Å². The van der Waals surface area contributed by atoms with Crippen molar-refractivity contribution in [3.63, 3.8) is 0 Å². The number of carboxylic acids is 1. The van der Waals surface area contributed by atoms with E-state index in [1.54, 1.807) is 44.2 Å². The number of aromatic carboxylic acids is 1. The van der Waals surface area contributed by atoms with Gasteiger partial charge in [-0.3, -0.25) is 0 Å². The molecule has 0 heterocycles. The molecular weight excluding hydrogens is 460 g/mol. The molecule has 0 amide bonds. The summed E-state index contributed by atoms with van der Waals surface area (Å²) in [4.78, 5) is 10.2. The van der Waals surface area contributed by atoms with Crippen LogP contribution < -0.4 is 0 Å². The summed E-state index contributed by atoms with van der Waals surface area (Å²) in [5.74, 6) is -1.50. The van der Waals surface area contributed by atoms with Crippen molar-refractivity contribution in [2.45, 2.75) is 83.1 Å². The lowest BCUT2D eigenvalue weighted by Crippen LogP contribution is -2.35. The predicted octanol–water partition coefficient (Wildman–Crippen LogP) is 0.747. The van der Waals surface area contributed by atoms with Gasteiger partial charge in [0.1, 0.15) is 0 Å². The zero-order valence-electron chi connectivity index (χ0n) is 20.7. The largest absolute Gasteiger partial charge is 0.478 e. The summed E-state index contributed by atoms with van der Waals surface area (Å²) >= 11 is 0. The van der Waals surface area contributed by atoms with Crippen molar-refractivity contribution in [2.24, 2.45) is 11.8 Å². The van der Waals surface area contributed by atoms with Crippen molar-refractivity contribution in [3.8, 4) is 0 Å². The lowest BCUT2D eigenvalue weighted by atomic mass is 9.93. The molecule has 0 aliphatic rings. The predicted molar refractivity (Wildman–Crippen MR) is 130 cm³/mol. The lowest BCUT2D eigenvalue weighted by Gasteiger charge is -2.26. The summed E-state index contributed by atoms with van der Waals surface area (Å²) in [6.07, 6.45) is -2.90. The van der Waals surface area contributed by atoms with E-state index in [4.69, 9.17) is 20.1 Å². The van der Waals surface area contributed by atoms with Gasteiger partial charge in [-0.25, -0.2) is 4.79 Å². The molecule has 0 spiro atoms. The van der Waals surface area contributed by atoms with E-state index >= 15 is 0 Å². The van der Waals surface area contributed by atoms with Gasteiger partial charge in [0, 0.05) is 19.6 Å². The minimum atomic E-state index is -1.10. The molecule has 7 unspecified atom stereocenters. The number of benzene rings is 1. The second-order valence-electron chi connectivity index (χ2n) is 8.82. The van der Waals surface area contributed by atoms with Crippen LogP contribution in [0.5, 0.6) is 0 Å². The van der Waals surface area contributed by atoms with Gasteiger partial charge in [0.05, 0.1) is 36.6 Å². The molecule has 0 aromatic heterocycles.